The highest BCUT2D eigenvalue weighted by atomic mass is 16.7. The van der Waals surface area contributed by atoms with Crippen molar-refractivity contribution in [3.8, 4) is 0 Å². The van der Waals surface area contributed by atoms with Gasteiger partial charge >= 0.3 is 0 Å². The molecule has 17 heavy (non-hydrogen) atoms. The van der Waals surface area contributed by atoms with Crippen LogP contribution >= 0.6 is 0 Å². The van der Waals surface area contributed by atoms with Gasteiger partial charge in [-0.3, -0.25) is 0 Å². The van der Waals surface area contributed by atoms with Gasteiger partial charge < -0.3 is 19.0 Å². The minimum Gasteiger partial charge on any atom is -0.467 e. The van der Waals surface area contributed by atoms with Crippen molar-refractivity contribution in [1.29, 1.82) is 0 Å². The van der Waals surface area contributed by atoms with Crippen molar-refractivity contribution in [3.05, 3.63) is 24.2 Å². The van der Waals surface area contributed by atoms with Crippen LogP contribution in [-0.2, 0) is 9.47 Å². The Balaban J connectivity index is 1.83. The summed E-state index contributed by atoms with van der Waals surface area (Å²) in [5.74, 6) is 0.0931. The van der Waals surface area contributed by atoms with Crippen molar-refractivity contribution < 1.29 is 19.0 Å². The Hall–Kier alpha value is -0.840. The third-order valence-corrected chi connectivity index (χ3v) is 3.02. The summed E-state index contributed by atoms with van der Waals surface area (Å²) in [5.41, 5.74) is 0. The molecule has 1 aliphatic heterocycles. The molecule has 1 aromatic heterocycles. The number of rotatable bonds is 4. The van der Waals surface area contributed by atoms with Crippen molar-refractivity contribution in [2.45, 2.75) is 57.7 Å². The SMILES string of the molecule is C[C@@H]1OC(C)(C)O[C@H]1CC[C@@H](O)c1ccco1. The highest BCUT2D eigenvalue weighted by molar-refractivity contribution is 5.01. The van der Waals surface area contributed by atoms with E-state index in [1.165, 1.54) is 0 Å². The fourth-order valence-corrected chi connectivity index (χ4v) is 2.25. The molecule has 0 amide bonds. The van der Waals surface area contributed by atoms with Gasteiger partial charge in [0.15, 0.2) is 5.79 Å². The van der Waals surface area contributed by atoms with Gasteiger partial charge in [-0.1, -0.05) is 0 Å². The summed E-state index contributed by atoms with van der Waals surface area (Å²) < 4.78 is 16.6. The third kappa shape index (κ3) is 3.09. The Morgan fingerprint density at radius 3 is 2.71 bits per heavy atom. The van der Waals surface area contributed by atoms with Crippen LogP contribution in [0.2, 0.25) is 0 Å². The Labute approximate surface area is 102 Å². The van der Waals surface area contributed by atoms with Gasteiger partial charge in [-0.2, -0.15) is 0 Å². The number of aliphatic hydroxyl groups excluding tert-OH is 1. The first-order valence-electron chi connectivity index (χ1n) is 6.05. The molecule has 1 aliphatic rings. The second-order valence-electron chi connectivity index (χ2n) is 4.99. The molecule has 0 aromatic carbocycles. The Bertz CT molecular complexity index is 344. The van der Waals surface area contributed by atoms with Crippen LogP contribution in [0.5, 0.6) is 0 Å². The van der Waals surface area contributed by atoms with E-state index in [4.69, 9.17) is 13.9 Å². The molecule has 96 valence electrons. The molecule has 4 nitrogen and oxygen atoms in total. The minimum absolute atomic E-state index is 0.0367. The van der Waals surface area contributed by atoms with Gasteiger partial charge in [-0.15, -0.1) is 0 Å². The lowest BCUT2D eigenvalue weighted by atomic mass is 10.1. The first kappa shape index (κ1) is 12.6. The highest BCUT2D eigenvalue weighted by Gasteiger charge is 2.38. The average molecular weight is 240 g/mol. The lowest BCUT2D eigenvalue weighted by molar-refractivity contribution is -0.145. The minimum atomic E-state index is -0.565. The molecule has 0 aliphatic carbocycles. The molecule has 0 saturated carbocycles. The van der Waals surface area contributed by atoms with Crippen molar-refractivity contribution in [1.82, 2.24) is 0 Å². The second-order valence-corrected chi connectivity index (χ2v) is 4.99. The predicted molar refractivity (Wildman–Crippen MR) is 62.4 cm³/mol. The summed E-state index contributed by atoms with van der Waals surface area (Å²) in [5, 5.41) is 9.90. The smallest absolute Gasteiger partial charge is 0.163 e. The number of aliphatic hydroxyl groups is 1. The zero-order valence-corrected chi connectivity index (χ0v) is 10.6. The van der Waals surface area contributed by atoms with E-state index in [9.17, 15) is 5.11 Å². The first-order chi connectivity index (χ1) is 7.98. The van der Waals surface area contributed by atoms with Crippen LogP contribution in [0.25, 0.3) is 0 Å². The summed E-state index contributed by atoms with van der Waals surface area (Å²) in [7, 11) is 0. The van der Waals surface area contributed by atoms with Gasteiger partial charge in [0, 0.05) is 0 Å². The Morgan fingerprint density at radius 1 is 1.41 bits per heavy atom. The van der Waals surface area contributed by atoms with Crippen molar-refractivity contribution in [2.24, 2.45) is 0 Å². The van der Waals surface area contributed by atoms with Gasteiger partial charge in [-0.25, -0.2) is 0 Å². The maximum atomic E-state index is 9.90. The molecule has 1 saturated heterocycles. The van der Waals surface area contributed by atoms with Gasteiger partial charge in [0.1, 0.15) is 11.9 Å². The fraction of sp³-hybridized carbons (Fsp3) is 0.692. The lowest BCUT2D eigenvalue weighted by Crippen LogP contribution is -2.21. The monoisotopic (exact) mass is 240 g/mol. The van der Waals surface area contributed by atoms with E-state index >= 15 is 0 Å². The van der Waals surface area contributed by atoms with E-state index in [-0.39, 0.29) is 12.2 Å². The molecular weight excluding hydrogens is 220 g/mol. The van der Waals surface area contributed by atoms with E-state index < -0.39 is 11.9 Å². The zero-order chi connectivity index (χ0) is 12.5. The molecule has 0 spiro atoms. The standard InChI is InChI=1S/C13H20O4/c1-9-11(17-13(2,3)16-9)7-6-10(14)12-5-4-8-15-12/h4-5,8-11,14H,6-7H2,1-3H3/t9-,10+,11-/m0/s1. The van der Waals surface area contributed by atoms with E-state index in [2.05, 4.69) is 0 Å². The quantitative estimate of drug-likeness (QED) is 0.879. The molecule has 0 radical (unpaired) electrons. The first-order valence-corrected chi connectivity index (χ1v) is 6.05. The summed E-state index contributed by atoms with van der Waals surface area (Å²) in [6.07, 6.45) is 2.47. The zero-order valence-electron chi connectivity index (χ0n) is 10.6. The van der Waals surface area contributed by atoms with Crippen molar-refractivity contribution >= 4 is 0 Å². The van der Waals surface area contributed by atoms with Crippen LogP contribution in [-0.4, -0.2) is 23.1 Å². The normalized spacial score (nSPS) is 29.4. The Morgan fingerprint density at radius 2 is 2.18 bits per heavy atom. The van der Waals surface area contributed by atoms with Gasteiger partial charge in [0.25, 0.3) is 0 Å². The molecule has 3 atom stereocenters. The molecule has 1 fully saturated rings. The van der Waals surface area contributed by atoms with E-state index in [0.29, 0.717) is 12.2 Å². The fourth-order valence-electron chi connectivity index (χ4n) is 2.25. The Kier molecular flexibility index (Phi) is 3.56. The highest BCUT2D eigenvalue weighted by Crippen LogP contribution is 2.32. The maximum absolute atomic E-state index is 9.90. The maximum Gasteiger partial charge on any atom is 0.163 e. The summed E-state index contributed by atoms with van der Waals surface area (Å²) in [6.45, 7) is 5.82. The van der Waals surface area contributed by atoms with Crippen LogP contribution in [0.1, 0.15) is 45.5 Å². The molecule has 1 aromatic rings. The van der Waals surface area contributed by atoms with Crippen molar-refractivity contribution in [3.63, 3.8) is 0 Å². The summed E-state index contributed by atoms with van der Waals surface area (Å²) in [4.78, 5) is 0. The number of hydrogen-bond acceptors (Lipinski definition) is 4. The van der Waals surface area contributed by atoms with Crippen LogP contribution < -0.4 is 0 Å². The van der Waals surface area contributed by atoms with Crippen LogP contribution in [0.15, 0.2) is 22.8 Å². The molecular formula is C13H20O4. The molecule has 2 heterocycles. The topological polar surface area (TPSA) is 51.8 Å². The molecule has 2 rings (SSSR count). The number of ether oxygens (including phenoxy) is 2. The lowest BCUT2D eigenvalue weighted by Gasteiger charge is -2.17. The summed E-state index contributed by atoms with van der Waals surface area (Å²) >= 11 is 0. The average Bonchev–Trinajstić information content (AvgIpc) is 2.82. The predicted octanol–water partition coefficient (Wildman–Crippen LogP) is 2.63. The van der Waals surface area contributed by atoms with Crippen molar-refractivity contribution in [2.75, 3.05) is 0 Å². The molecule has 0 bridgehead atoms. The molecule has 4 heteroatoms. The van der Waals surface area contributed by atoms with E-state index in [0.717, 1.165) is 6.42 Å². The van der Waals surface area contributed by atoms with Crippen LogP contribution in [0.4, 0.5) is 0 Å². The second kappa shape index (κ2) is 4.80. The van der Waals surface area contributed by atoms with E-state index in [1.807, 2.05) is 20.8 Å². The van der Waals surface area contributed by atoms with Crippen LogP contribution in [0.3, 0.4) is 0 Å². The number of hydrogen-bond donors (Lipinski definition) is 1. The number of furan rings is 1. The summed E-state index contributed by atoms with van der Waals surface area (Å²) in [6, 6.07) is 3.56. The van der Waals surface area contributed by atoms with Gasteiger partial charge in [0.2, 0.25) is 0 Å². The van der Waals surface area contributed by atoms with Gasteiger partial charge in [0.05, 0.1) is 18.5 Å². The van der Waals surface area contributed by atoms with Crippen LogP contribution in [0, 0.1) is 0 Å². The largest absolute Gasteiger partial charge is 0.467 e. The van der Waals surface area contributed by atoms with Gasteiger partial charge in [-0.05, 0) is 45.7 Å². The molecule has 1 N–H and O–H groups in total. The van der Waals surface area contributed by atoms with E-state index in [1.54, 1.807) is 18.4 Å². The molecule has 0 unspecified atom stereocenters. The third-order valence-electron chi connectivity index (χ3n) is 3.02.